The number of pyridine rings is 1. The highest BCUT2D eigenvalue weighted by atomic mass is 16.5. The number of rotatable bonds is 4. The number of H-pyrrole nitrogens is 1. The molecule has 9 heteroatoms. The third-order valence-corrected chi connectivity index (χ3v) is 5.12. The van der Waals surface area contributed by atoms with Gasteiger partial charge in [0.05, 0.1) is 27.8 Å². The van der Waals surface area contributed by atoms with Crippen molar-refractivity contribution in [3.05, 3.63) is 121 Å². The van der Waals surface area contributed by atoms with Crippen molar-refractivity contribution >= 4 is 22.5 Å². The number of nitrogens with one attached hydrogen (secondary N) is 1. The Labute approximate surface area is 185 Å². The minimum Gasteiger partial charge on any atom is -0.456 e. The number of para-hydroxylation sites is 1. The number of benzene rings is 2. The van der Waals surface area contributed by atoms with E-state index in [2.05, 4.69) is 9.97 Å². The zero-order valence-electron chi connectivity index (χ0n) is 17.1. The molecule has 0 atom stereocenters. The molecule has 0 aliphatic carbocycles. The van der Waals surface area contributed by atoms with Gasteiger partial charge in [-0.1, -0.05) is 24.3 Å². The first kappa shape index (κ1) is 20.1. The van der Waals surface area contributed by atoms with Crippen LogP contribution in [0.5, 0.6) is 0 Å². The molecule has 0 radical (unpaired) electrons. The Morgan fingerprint density at radius 3 is 2.55 bits per heavy atom. The van der Waals surface area contributed by atoms with E-state index in [9.17, 15) is 19.2 Å². The van der Waals surface area contributed by atoms with Gasteiger partial charge in [0.1, 0.15) is 12.3 Å². The van der Waals surface area contributed by atoms with Gasteiger partial charge in [-0.2, -0.15) is 0 Å². The van der Waals surface area contributed by atoms with Crippen LogP contribution in [-0.4, -0.2) is 24.9 Å². The molecule has 0 saturated carbocycles. The summed E-state index contributed by atoms with van der Waals surface area (Å²) in [7, 11) is 0. The summed E-state index contributed by atoms with van der Waals surface area (Å²) in [6.07, 6.45) is 1.60. The molecule has 0 spiro atoms. The Bertz CT molecular complexity index is 1700. The van der Waals surface area contributed by atoms with Crippen molar-refractivity contribution in [3.63, 3.8) is 0 Å². The second-order valence-corrected chi connectivity index (χ2v) is 7.26. The van der Waals surface area contributed by atoms with E-state index in [0.717, 1.165) is 4.57 Å². The molecule has 0 amide bonds. The fourth-order valence-corrected chi connectivity index (χ4v) is 3.56. The Kier molecular flexibility index (Phi) is 4.91. The number of carbonyl (C=O) groups is 1. The average Bonchev–Trinajstić information content (AvgIpc) is 2.83. The zero-order valence-corrected chi connectivity index (χ0v) is 17.1. The van der Waals surface area contributed by atoms with E-state index in [1.165, 1.54) is 28.7 Å². The van der Waals surface area contributed by atoms with Crippen molar-refractivity contribution in [2.75, 3.05) is 0 Å². The molecule has 33 heavy (non-hydrogen) atoms. The van der Waals surface area contributed by atoms with Crippen LogP contribution < -0.4 is 16.8 Å². The largest absolute Gasteiger partial charge is 0.456 e. The van der Waals surface area contributed by atoms with Crippen LogP contribution in [0.3, 0.4) is 0 Å². The van der Waals surface area contributed by atoms with Crippen molar-refractivity contribution in [1.29, 1.82) is 0 Å². The molecule has 0 unspecified atom stereocenters. The number of hydrogen-bond donors (Lipinski definition) is 1. The summed E-state index contributed by atoms with van der Waals surface area (Å²) < 4.78 is 7.71. The predicted molar refractivity (Wildman–Crippen MR) is 121 cm³/mol. The van der Waals surface area contributed by atoms with Gasteiger partial charge in [-0.3, -0.25) is 14.0 Å². The van der Waals surface area contributed by atoms with E-state index < -0.39 is 17.2 Å². The molecule has 0 aliphatic rings. The summed E-state index contributed by atoms with van der Waals surface area (Å²) in [5, 5.41) is 0.249. The molecule has 3 aromatic heterocycles. The number of aromatic amines is 1. The molecule has 162 valence electrons. The molecule has 0 fully saturated rings. The summed E-state index contributed by atoms with van der Waals surface area (Å²) in [5.41, 5.74) is 0.137. The van der Waals surface area contributed by atoms with Gasteiger partial charge in [-0.25, -0.2) is 19.1 Å². The minimum atomic E-state index is -0.681. The van der Waals surface area contributed by atoms with Gasteiger partial charge >= 0.3 is 11.7 Å². The van der Waals surface area contributed by atoms with Gasteiger partial charge in [-0.15, -0.1) is 0 Å². The maximum Gasteiger partial charge on any atom is 0.338 e. The second kappa shape index (κ2) is 8.04. The van der Waals surface area contributed by atoms with Gasteiger partial charge in [0.15, 0.2) is 0 Å². The standard InChI is InChI=1S/C24H16N4O5/c29-21-13-16(25-20-8-4-5-11-27(20)21)14-33-23(31)15-9-10-18-19(12-15)26-24(32)28(22(18)30)17-6-2-1-3-7-17/h1-13H,14H2,(H,26,32). The highest BCUT2D eigenvalue weighted by Crippen LogP contribution is 2.12. The summed E-state index contributed by atoms with van der Waals surface area (Å²) in [6.45, 7) is -0.205. The van der Waals surface area contributed by atoms with E-state index in [-0.39, 0.29) is 28.6 Å². The van der Waals surface area contributed by atoms with Crippen molar-refractivity contribution < 1.29 is 9.53 Å². The summed E-state index contributed by atoms with van der Waals surface area (Å²) >= 11 is 0. The van der Waals surface area contributed by atoms with Crippen LogP contribution in [0.25, 0.3) is 22.2 Å². The Morgan fingerprint density at radius 1 is 0.939 bits per heavy atom. The first-order valence-electron chi connectivity index (χ1n) is 10.0. The normalized spacial score (nSPS) is 11.0. The molecule has 1 N–H and O–H groups in total. The summed E-state index contributed by atoms with van der Waals surface area (Å²) in [6, 6.07) is 19.3. The number of fused-ring (bicyclic) bond motifs is 2. The van der Waals surface area contributed by atoms with Crippen LogP contribution in [0.4, 0.5) is 0 Å². The van der Waals surface area contributed by atoms with E-state index >= 15 is 0 Å². The molecule has 0 saturated heterocycles. The van der Waals surface area contributed by atoms with Crippen LogP contribution in [0.2, 0.25) is 0 Å². The number of esters is 1. The summed E-state index contributed by atoms with van der Waals surface area (Å²) in [5.74, 6) is -0.681. The Morgan fingerprint density at radius 2 is 1.73 bits per heavy atom. The molecule has 3 heterocycles. The van der Waals surface area contributed by atoms with Gasteiger partial charge in [-0.05, 0) is 42.5 Å². The molecule has 0 aliphatic heterocycles. The minimum absolute atomic E-state index is 0.146. The molecule has 5 aromatic rings. The van der Waals surface area contributed by atoms with Crippen LogP contribution in [0.15, 0.2) is 93.4 Å². The molecule has 0 bridgehead atoms. The number of nitrogens with zero attached hydrogens (tertiary/aromatic N) is 3. The average molecular weight is 440 g/mol. The highest BCUT2D eigenvalue weighted by Gasteiger charge is 2.14. The topological polar surface area (TPSA) is 116 Å². The lowest BCUT2D eigenvalue weighted by Crippen LogP contribution is -2.33. The van der Waals surface area contributed by atoms with Crippen molar-refractivity contribution in [1.82, 2.24) is 18.9 Å². The lowest BCUT2D eigenvalue weighted by atomic mass is 10.1. The lowest BCUT2D eigenvalue weighted by Gasteiger charge is -2.08. The third-order valence-electron chi connectivity index (χ3n) is 5.12. The number of ether oxygens (including phenoxy) is 1. The van der Waals surface area contributed by atoms with Gasteiger partial charge < -0.3 is 9.72 Å². The maximum atomic E-state index is 12.9. The van der Waals surface area contributed by atoms with Crippen LogP contribution in [0.1, 0.15) is 16.1 Å². The van der Waals surface area contributed by atoms with E-state index in [0.29, 0.717) is 17.0 Å². The first-order chi connectivity index (χ1) is 16.0. The van der Waals surface area contributed by atoms with Crippen molar-refractivity contribution in [2.45, 2.75) is 6.61 Å². The summed E-state index contributed by atoms with van der Waals surface area (Å²) in [4.78, 5) is 57.1. The maximum absolute atomic E-state index is 12.9. The second-order valence-electron chi connectivity index (χ2n) is 7.26. The van der Waals surface area contributed by atoms with Crippen LogP contribution in [0, 0.1) is 0 Å². The zero-order chi connectivity index (χ0) is 22.9. The lowest BCUT2D eigenvalue weighted by molar-refractivity contribution is 0.0468. The quantitative estimate of drug-likeness (QED) is 0.428. The fourth-order valence-electron chi connectivity index (χ4n) is 3.56. The van der Waals surface area contributed by atoms with Gasteiger partial charge in [0.2, 0.25) is 0 Å². The fraction of sp³-hybridized carbons (Fsp3) is 0.0417. The van der Waals surface area contributed by atoms with Crippen molar-refractivity contribution in [3.8, 4) is 5.69 Å². The smallest absolute Gasteiger partial charge is 0.338 e. The monoisotopic (exact) mass is 440 g/mol. The number of carbonyl (C=O) groups excluding carboxylic acids is 1. The van der Waals surface area contributed by atoms with E-state index in [4.69, 9.17) is 4.74 Å². The molecule has 9 nitrogen and oxygen atoms in total. The van der Waals surface area contributed by atoms with E-state index in [1.54, 1.807) is 54.7 Å². The van der Waals surface area contributed by atoms with E-state index in [1.807, 2.05) is 0 Å². The first-order valence-corrected chi connectivity index (χ1v) is 10.0. The highest BCUT2D eigenvalue weighted by molar-refractivity contribution is 5.94. The predicted octanol–water partition coefficient (Wildman–Crippen LogP) is 2.04. The Hall–Kier alpha value is -4.79. The molecular weight excluding hydrogens is 424 g/mol. The van der Waals surface area contributed by atoms with Crippen molar-refractivity contribution in [2.24, 2.45) is 0 Å². The molecular formula is C24H16N4O5. The molecule has 5 rings (SSSR count). The Balaban J connectivity index is 1.43. The van der Waals surface area contributed by atoms with Crippen LogP contribution in [-0.2, 0) is 11.3 Å². The van der Waals surface area contributed by atoms with Gasteiger partial charge in [0, 0.05) is 12.3 Å². The SMILES string of the molecule is O=C(OCc1cc(=O)n2ccccc2n1)c1ccc2c(=O)n(-c3ccccc3)c(=O)[nH]c2c1. The van der Waals surface area contributed by atoms with Gasteiger partial charge in [0.25, 0.3) is 11.1 Å². The number of hydrogen-bond acceptors (Lipinski definition) is 6. The van der Waals surface area contributed by atoms with Crippen LogP contribution >= 0.6 is 0 Å². The third kappa shape index (κ3) is 3.72. The molecule has 2 aromatic carbocycles. The number of aromatic nitrogens is 4.